The quantitative estimate of drug-likeness (QED) is 0.275. The van der Waals surface area contributed by atoms with E-state index in [4.69, 9.17) is 4.74 Å². The normalized spacial score (nSPS) is 18.0. The molecule has 2 aromatic carbocycles. The fraction of sp³-hybridized carbons (Fsp3) is 0.379. The van der Waals surface area contributed by atoms with Crippen molar-refractivity contribution in [1.82, 2.24) is 15.1 Å². The number of carboxylic acids is 1. The van der Waals surface area contributed by atoms with Gasteiger partial charge in [0.25, 0.3) is 5.91 Å². The van der Waals surface area contributed by atoms with Gasteiger partial charge in [-0.15, -0.1) is 11.8 Å². The van der Waals surface area contributed by atoms with Crippen LogP contribution < -0.4 is 10.1 Å². The number of aliphatic carboxylic acids is 1. The summed E-state index contributed by atoms with van der Waals surface area (Å²) in [6, 6.07) is 14.4. The molecule has 4 rings (SSSR count). The Morgan fingerprint density at radius 2 is 1.64 bits per heavy atom. The summed E-state index contributed by atoms with van der Waals surface area (Å²) in [4.78, 5) is 52.9. The number of nitrogens with one attached hydrogen (secondary N) is 1. The Labute approximate surface area is 233 Å². The van der Waals surface area contributed by atoms with Crippen LogP contribution in [0.3, 0.4) is 0 Å². The number of hydrogen-bond donors (Lipinski definition) is 2. The second-order valence-corrected chi connectivity index (χ2v) is 10.2. The lowest BCUT2D eigenvalue weighted by atomic mass is 10.0. The first-order valence-corrected chi connectivity index (χ1v) is 14.0. The molecule has 208 valence electrons. The summed E-state index contributed by atoms with van der Waals surface area (Å²) in [7, 11) is 0. The maximum Gasteiger partial charge on any atom is 0.352 e. The molecule has 2 atom stereocenters. The van der Waals surface area contributed by atoms with Crippen LogP contribution in [0.25, 0.3) is 0 Å². The zero-order chi connectivity index (χ0) is 28.5. The van der Waals surface area contributed by atoms with Gasteiger partial charge in [-0.1, -0.05) is 57.2 Å². The minimum absolute atomic E-state index is 0.0155. The zero-order valence-corrected chi connectivity index (χ0v) is 23.5. The summed E-state index contributed by atoms with van der Waals surface area (Å²) in [5, 5.41) is 11.6. The van der Waals surface area contributed by atoms with Crippen molar-refractivity contribution in [3.63, 3.8) is 0 Å². The number of benzene rings is 2. The summed E-state index contributed by atoms with van der Waals surface area (Å²) >= 11 is 1.41. The molecule has 1 saturated heterocycles. The molecule has 0 saturated carbocycles. The van der Waals surface area contributed by atoms with Crippen LogP contribution in [0.5, 0.6) is 5.75 Å². The van der Waals surface area contributed by atoms with E-state index in [2.05, 4.69) is 31.0 Å². The Bertz CT molecular complexity index is 1220. The SMILES string of the molecule is CC1=C(C(=O)O)N2C(=O)C(NC(=O)Cc3ccccc3C(=O)Oc3ccccc3)[C@H]2SC1.CCN(CC)CC. The number of carbonyl (C=O) groups excluding carboxylic acids is 3. The standard InChI is InChI=1S/C23H20N2O6S.C6H15N/c1-13-12-32-21-18(20(27)25(21)19(13)22(28)29)24-17(26)11-14-7-5-6-10-16(14)23(30)31-15-8-3-2-4-9-15;1-4-7(5-2)6-3/h2-10,18,21H,11-12H2,1H3,(H,24,26)(H,28,29);4-6H2,1-3H3/t18?,21-;/m1./s1. The summed E-state index contributed by atoms with van der Waals surface area (Å²) < 4.78 is 5.37. The van der Waals surface area contributed by atoms with Crippen molar-refractivity contribution in [2.24, 2.45) is 0 Å². The number of carbonyl (C=O) groups is 4. The monoisotopic (exact) mass is 553 g/mol. The number of hydrogen-bond acceptors (Lipinski definition) is 7. The number of nitrogens with zero attached hydrogens (tertiary/aromatic N) is 2. The molecule has 39 heavy (non-hydrogen) atoms. The van der Waals surface area contributed by atoms with E-state index in [1.807, 2.05) is 0 Å². The van der Waals surface area contributed by atoms with Crippen LogP contribution in [-0.4, -0.2) is 75.5 Å². The highest BCUT2D eigenvalue weighted by molar-refractivity contribution is 8.00. The van der Waals surface area contributed by atoms with E-state index < -0.39 is 35.2 Å². The zero-order valence-electron chi connectivity index (χ0n) is 22.7. The predicted molar refractivity (Wildman–Crippen MR) is 150 cm³/mol. The van der Waals surface area contributed by atoms with Crippen molar-refractivity contribution in [3.05, 3.63) is 77.0 Å². The van der Waals surface area contributed by atoms with E-state index in [0.717, 1.165) is 0 Å². The maximum atomic E-state index is 12.7. The van der Waals surface area contributed by atoms with Crippen LogP contribution in [0.1, 0.15) is 43.6 Å². The Kier molecular flexibility index (Phi) is 10.7. The predicted octanol–water partition coefficient (Wildman–Crippen LogP) is 3.55. The Hall–Kier alpha value is -3.63. The average molecular weight is 554 g/mol. The van der Waals surface area contributed by atoms with Gasteiger partial charge >= 0.3 is 11.9 Å². The number of para-hydroxylation sites is 1. The minimum Gasteiger partial charge on any atom is -0.477 e. The molecule has 0 spiro atoms. The molecule has 1 unspecified atom stereocenters. The lowest BCUT2D eigenvalue weighted by Crippen LogP contribution is -2.70. The van der Waals surface area contributed by atoms with Gasteiger partial charge in [-0.25, -0.2) is 9.59 Å². The molecule has 10 heteroatoms. The lowest BCUT2D eigenvalue weighted by molar-refractivity contribution is -0.150. The molecule has 0 aliphatic carbocycles. The van der Waals surface area contributed by atoms with Gasteiger partial charge in [0.05, 0.1) is 12.0 Å². The molecule has 2 heterocycles. The molecule has 2 aliphatic rings. The first kappa shape index (κ1) is 29.9. The molecule has 0 bridgehead atoms. The fourth-order valence-electron chi connectivity index (χ4n) is 4.37. The van der Waals surface area contributed by atoms with Crippen LogP contribution in [0.2, 0.25) is 0 Å². The molecular formula is C29H35N3O6S. The number of β-lactam (4-membered cyclic amide) rings is 1. The highest BCUT2D eigenvalue weighted by Gasteiger charge is 2.53. The van der Waals surface area contributed by atoms with Crippen LogP contribution in [-0.2, 0) is 20.8 Å². The average Bonchev–Trinajstić information content (AvgIpc) is 2.93. The number of carboxylic acid groups (broad SMARTS) is 1. The molecule has 2 aromatic rings. The number of rotatable bonds is 9. The van der Waals surface area contributed by atoms with E-state index in [1.54, 1.807) is 61.5 Å². The molecule has 2 N–H and O–H groups in total. The van der Waals surface area contributed by atoms with E-state index in [0.29, 0.717) is 22.6 Å². The van der Waals surface area contributed by atoms with Crippen molar-refractivity contribution < 1.29 is 29.0 Å². The second-order valence-electron chi connectivity index (χ2n) is 9.05. The third-order valence-electron chi connectivity index (χ3n) is 6.56. The van der Waals surface area contributed by atoms with Crippen LogP contribution >= 0.6 is 11.8 Å². The molecule has 9 nitrogen and oxygen atoms in total. The number of thioether (sulfide) groups is 1. The molecule has 0 aromatic heterocycles. The van der Waals surface area contributed by atoms with Crippen LogP contribution in [0.4, 0.5) is 0 Å². The van der Waals surface area contributed by atoms with Gasteiger partial charge in [0.2, 0.25) is 5.91 Å². The van der Waals surface area contributed by atoms with E-state index in [-0.39, 0.29) is 17.7 Å². The minimum atomic E-state index is -1.16. The highest BCUT2D eigenvalue weighted by Crippen LogP contribution is 2.40. The van der Waals surface area contributed by atoms with Crippen LogP contribution in [0.15, 0.2) is 65.9 Å². The molecular weight excluding hydrogens is 518 g/mol. The van der Waals surface area contributed by atoms with Gasteiger partial charge in [-0.3, -0.25) is 14.5 Å². The van der Waals surface area contributed by atoms with Gasteiger partial charge in [-0.2, -0.15) is 0 Å². The molecule has 1 fully saturated rings. The summed E-state index contributed by atoms with van der Waals surface area (Å²) in [5.41, 5.74) is 1.32. The van der Waals surface area contributed by atoms with Gasteiger partial charge in [0.1, 0.15) is 22.9 Å². The van der Waals surface area contributed by atoms with E-state index in [1.165, 1.54) is 36.3 Å². The fourth-order valence-corrected chi connectivity index (χ4v) is 5.66. The first-order valence-electron chi connectivity index (χ1n) is 13.0. The van der Waals surface area contributed by atoms with Crippen molar-refractivity contribution in [3.8, 4) is 5.75 Å². The first-order chi connectivity index (χ1) is 18.7. The molecule has 2 amide bonds. The number of fused-ring (bicyclic) bond motifs is 1. The Morgan fingerprint density at radius 1 is 1.03 bits per heavy atom. The third-order valence-corrected chi connectivity index (χ3v) is 7.99. The highest BCUT2D eigenvalue weighted by atomic mass is 32.2. The number of esters is 1. The summed E-state index contributed by atoms with van der Waals surface area (Å²) in [6.07, 6.45) is -0.123. The molecule has 0 radical (unpaired) electrons. The Morgan fingerprint density at radius 3 is 2.23 bits per heavy atom. The van der Waals surface area contributed by atoms with Gasteiger partial charge in [0.15, 0.2) is 0 Å². The van der Waals surface area contributed by atoms with Gasteiger partial charge < -0.3 is 20.1 Å². The van der Waals surface area contributed by atoms with E-state index in [9.17, 15) is 24.3 Å². The van der Waals surface area contributed by atoms with Crippen molar-refractivity contribution in [2.45, 2.75) is 45.5 Å². The van der Waals surface area contributed by atoms with Gasteiger partial charge in [-0.05, 0) is 55.9 Å². The second kappa shape index (κ2) is 14.0. The Balaban J connectivity index is 0.000000532. The van der Waals surface area contributed by atoms with E-state index >= 15 is 0 Å². The lowest BCUT2D eigenvalue weighted by Gasteiger charge is -2.49. The maximum absolute atomic E-state index is 12.7. The van der Waals surface area contributed by atoms with Gasteiger partial charge in [0, 0.05) is 5.75 Å². The smallest absolute Gasteiger partial charge is 0.352 e. The number of amides is 2. The topological polar surface area (TPSA) is 116 Å². The van der Waals surface area contributed by atoms with Crippen molar-refractivity contribution in [1.29, 1.82) is 0 Å². The number of ether oxygens (including phenoxy) is 1. The largest absolute Gasteiger partial charge is 0.477 e. The summed E-state index contributed by atoms with van der Waals surface area (Å²) in [6.45, 7) is 11.8. The van der Waals surface area contributed by atoms with Crippen molar-refractivity contribution >= 4 is 35.5 Å². The van der Waals surface area contributed by atoms with Crippen LogP contribution in [0, 0.1) is 0 Å². The summed E-state index contributed by atoms with van der Waals surface area (Å²) in [5.74, 6) is -1.77. The molecule has 2 aliphatic heterocycles. The van der Waals surface area contributed by atoms with Crippen molar-refractivity contribution in [2.75, 3.05) is 25.4 Å². The third kappa shape index (κ3) is 7.27.